The number of benzene rings is 10. The Balaban J connectivity index is 0.894. The van der Waals surface area contributed by atoms with Crippen LogP contribution in [0.2, 0.25) is 0 Å². The van der Waals surface area contributed by atoms with E-state index in [1.807, 2.05) is 72.8 Å². The fourth-order valence-corrected chi connectivity index (χ4v) is 9.23. The lowest BCUT2D eigenvalue weighted by Crippen LogP contribution is -2.10. The zero-order valence-corrected chi connectivity index (χ0v) is 41.3. The second kappa shape index (κ2) is 22.5. The highest BCUT2D eigenvalue weighted by atomic mass is 16.5. The Hall–Kier alpha value is -9.77. The summed E-state index contributed by atoms with van der Waals surface area (Å²) in [5.41, 5.74) is 19.5. The lowest BCUT2D eigenvalue weighted by atomic mass is 9.93. The minimum Gasteiger partial charge on any atom is -0.497 e. The van der Waals surface area contributed by atoms with Gasteiger partial charge in [-0.2, -0.15) is 0 Å². The maximum absolute atomic E-state index is 11.4. The number of aldehydes is 1. The maximum atomic E-state index is 11.4. The molecule has 356 valence electrons. The van der Waals surface area contributed by atoms with Crippen molar-refractivity contribution in [3.8, 4) is 16.9 Å². The van der Waals surface area contributed by atoms with Crippen molar-refractivity contribution in [3.05, 3.63) is 331 Å². The van der Waals surface area contributed by atoms with Gasteiger partial charge in [-0.1, -0.05) is 195 Å². The second-order valence-electron chi connectivity index (χ2n) is 17.9. The summed E-state index contributed by atoms with van der Waals surface area (Å²) in [6.07, 6.45) is 5.17. The molecule has 10 aromatic rings. The number of nitrogens with zero attached hydrogens (tertiary/aromatic N) is 2. The molecule has 0 bridgehead atoms. The molecule has 74 heavy (non-hydrogen) atoms. The van der Waals surface area contributed by atoms with Crippen molar-refractivity contribution in [1.29, 1.82) is 0 Å². The number of para-hydroxylation sites is 2. The van der Waals surface area contributed by atoms with Gasteiger partial charge in [0.1, 0.15) is 12.0 Å². The molecule has 0 atom stereocenters. The van der Waals surface area contributed by atoms with Gasteiger partial charge in [0.25, 0.3) is 0 Å². The summed E-state index contributed by atoms with van der Waals surface area (Å²) in [5.74, 6) is 0.821. The average molecular weight is 955 g/mol. The molecule has 4 heteroatoms. The number of ether oxygens (including phenoxy) is 1. The molecule has 0 aliphatic carbocycles. The molecule has 0 saturated heterocycles. The number of rotatable bonds is 17. The van der Waals surface area contributed by atoms with Crippen molar-refractivity contribution in [2.24, 2.45) is 0 Å². The third-order valence-corrected chi connectivity index (χ3v) is 13.2. The Morgan fingerprint density at radius 1 is 0.338 bits per heavy atom. The van der Waals surface area contributed by atoms with E-state index in [0.29, 0.717) is 5.56 Å². The normalized spacial score (nSPS) is 11.4. The smallest absolute Gasteiger partial charge is 0.150 e. The highest BCUT2D eigenvalue weighted by Gasteiger charge is 2.17. The lowest BCUT2D eigenvalue weighted by Gasteiger charge is -2.26. The van der Waals surface area contributed by atoms with Crippen LogP contribution in [0.25, 0.3) is 33.4 Å². The van der Waals surface area contributed by atoms with E-state index in [-0.39, 0.29) is 0 Å². The van der Waals surface area contributed by atoms with Crippen molar-refractivity contribution in [1.82, 2.24) is 0 Å². The quantitative estimate of drug-likeness (QED) is 0.0672. The van der Waals surface area contributed by atoms with Gasteiger partial charge in [0.05, 0.1) is 7.11 Å². The summed E-state index contributed by atoms with van der Waals surface area (Å²) < 4.78 is 5.45. The Labute approximate surface area is 435 Å². The number of carbonyl (C=O) groups is 1. The van der Waals surface area contributed by atoms with Crippen LogP contribution in [-0.2, 0) is 0 Å². The molecule has 0 saturated carbocycles. The van der Waals surface area contributed by atoms with Crippen LogP contribution in [0, 0.1) is 0 Å². The van der Waals surface area contributed by atoms with E-state index in [0.717, 1.165) is 113 Å². The Kier molecular flexibility index (Phi) is 14.6. The number of hydrogen-bond acceptors (Lipinski definition) is 4. The predicted molar refractivity (Wildman–Crippen MR) is 311 cm³/mol. The highest BCUT2D eigenvalue weighted by molar-refractivity contribution is 5.92. The molecule has 0 spiro atoms. The van der Waals surface area contributed by atoms with Gasteiger partial charge in [0.15, 0.2) is 0 Å². The van der Waals surface area contributed by atoms with Crippen LogP contribution in [0.1, 0.15) is 43.7 Å². The SMILES string of the molecule is C=C(C=C(c1ccccc1)c1ccc(C=O)cc1)c1ccc(N(c2ccccc2)c2ccc(-c3ccc(N(c4ccccc4)c4ccc(C(=C)C=C(c5ccccc5)c5ccc(OC)cc5)cc4)cc3)cc2)cc1. The number of anilines is 6. The number of hydrogen-bond donors (Lipinski definition) is 0. The minimum atomic E-state index is 0.643. The third-order valence-electron chi connectivity index (χ3n) is 13.2. The molecule has 4 nitrogen and oxygen atoms in total. The molecule has 10 rings (SSSR count). The van der Waals surface area contributed by atoms with Gasteiger partial charge >= 0.3 is 0 Å². The van der Waals surface area contributed by atoms with E-state index >= 15 is 0 Å². The summed E-state index contributed by atoms with van der Waals surface area (Å²) in [6, 6.07) is 92.3. The topological polar surface area (TPSA) is 32.8 Å². The van der Waals surface area contributed by atoms with Crippen LogP contribution < -0.4 is 14.5 Å². The highest BCUT2D eigenvalue weighted by Crippen LogP contribution is 2.40. The molecule has 0 fully saturated rings. The van der Waals surface area contributed by atoms with Crippen LogP contribution in [0.3, 0.4) is 0 Å². The standard InChI is InChI=1S/C70H54N2O2/c1-51(48-69(58-16-8-4-9-17-58)60-26-24-53(50-73)25-27-60)54-28-38-64(39-29-54)71(62-20-12-6-13-21-62)66-42-32-56(33-43-66)57-34-44-67(45-35-57)72(63-22-14-7-15-23-63)65-40-30-55(31-41-65)52(2)49-70(59-18-10-5-11-19-59)61-36-46-68(74-3)47-37-61/h4-50H,1-2H2,3H3. The predicted octanol–water partition coefficient (Wildman–Crippen LogP) is 18.4. The van der Waals surface area contributed by atoms with Crippen LogP contribution in [-0.4, -0.2) is 13.4 Å². The molecule has 0 aromatic heterocycles. The minimum absolute atomic E-state index is 0.643. The van der Waals surface area contributed by atoms with E-state index < -0.39 is 0 Å². The molecular weight excluding hydrogens is 901 g/mol. The van der Waals surface area contributed by atoms with Crippen molar-refractivity contribution in [3.63, 3.8) is 0 Å². The van der Waals surface area contributed by atoms with Gasteiger partial charge in [-0.25, -0.2) is 0 Å². The Bertz CT molecular complexity index is 3550. The molecular formula is C70H54N2O2. The van der Waals surface area contributed by atoms with E-state index in [1.165, 1.54) is 0 Å². The molecule has 0 aliphatic rings. The lowest BCUT2D eigenvalue weighted by molar-refractivity contribution is 0.112. The van der Waals surface area contributed by atoms with Crippen molar-refractivity contribution < 1.29 is 9.53 Å². The summed E-state index contributed by atoms with van der Waals surface area (Å²) >= 11 is 0. The number of allylic oxidation sites excluding steroid dienone is 4. The number of methoxy groups -OCH3 is 1. The molecule has 0 aliphatic heterocycles. The fraction of sp³-hybridized carbons (Fsp3) is 0.0143. The van der Waals surface area contributed by atoms with Crippen molar-refractivity contribution in [2.75, 3.05) is 16.9 Å². The van der Waals surface area contributed by atoms with Gasteiger partial charge in [-0.3, -0.25) is 4.79 Å². The monoisotopic (exact) mass is 954 g/mol. The van der Waals surface area contributed by atoms with Gasteiger partial charge in [-0.15, -0.1) is 0 Å². The first kappa shape index (κ1) is 47.9. The van der Waals surface area contributed by atoms with Crippen molar-refractivity contribution in [2.45, 2.75) is 0 Å². The van der Waals surface area contributed by atoms with Crippen LogP contribution in [0.5, 0.6) is 5.75 Å². The summed E-state index contributed by atoms with van der Waals surface area (Å²) in [7, 11) is 1.69. The molecule has 0 radical (unpaired) electrons. The largest absolute Gasteiger partial charge is 0.497 e. The van der Waals surface area contributed by atoms with E-state index in [9.17, 15) is 4.79 Å². The zero-order chi connectivity index (χ0) is 50.6. The summed E-state index contributed by atoms with van der Waals surface area (Å²) in [5, 5.41) is 0. The van der Waals surface area contributed by atoms with E-state index in [2.05, 4.69) is 229 Å². The maximum Gasteiger partial charge on any atom is 0.150 e. The van der Waals surface area contributed by atoms with Crippen LogP contribution in [0.15, 0.2) is 292 Å². The second-order valence-corrected chi connectivity index (χ2v) is 17.9. The molecule has 0 unspecified atom stereocenters. The van der Waals surface area contributed by atoms with Gasteiger partial charge in [0, 0.05) is 39.7 Å². The first-order valence-electron chi connectivity index (χ1n) is 24.7. The zero-order valence-electron chi connectivity index (χ0n) is 41.3. The first-order valence-corrected chi connectivity index (χ1v) is 24.7. The molecule has 10 aromatic carbocycles. The van der Waals surface area contributed by atoms with Gasteiger partial charge in [0.2, 0.25) is 0 Å². The van der Waals surface area contributed by atoms with Crippen LogP contribution >= 0.6 is 0 Å². The third kappa shape index (κ3) is 10.9. The summed E-state index contributed by atoms with van der Waals surface area (Å²) in [6.45, 7) is 9.04. The molecule has 0 N–H and O–H groups in total. The van der Waals surface area contributed by atoms with E-state index in [4.69, 9.17) is 4.74 Å². The van der Waals surface area contributed by atoms with Gasteiger partial charge in [-0.05, 0) is 164 Å². The molecule has 0 amide bonds. The van der Waals surface area contributed by atoms with E-state index in [1.54, 1.807) is 7.11 Å². The van der Waals surface area contributed by atoms with Crippen molar-refractivity contribution >= 4 is 62.7 Å². The van der Waals surface area contributed by atoms with Gasteiger partial charge < -0.3 is 14.5 Å². The first-order chi connectivity index (χ1) is 36.4. The average Bonchev–Trinajstić information content (AvgIpc) is 3.48. The molecule has 0 heterocycles. The number of carbonyl (C=O) groups excluding carboxylic acids is 1. The fourth-order valence-electron chi connectivity index (χ4n) is 9.23. The summed E-state index contributed by atoms with van der Waals surface area (Å²) in [4.78, 5) is 16.0. The Morgan fingerprint density at radius 3 is 0.959 bits per heavy atom. The Morgan fingerprint density at radius 2 is 0.622 bits per heavy atom. The van der Waals surface area contributed by atoms with Crippen LogP contribution in [0.4, 0.5) is 34.1 Å².